The van der Waals surface area contributed by atoms with E-state index in [1.165, 1.54) is 4.90 Å². The van der Waals surface area contributed by atoms with Crippen molar-refractivity contribution in [2.45, 2.75) is 12.7 Å². The van der Waals surface area contributed by atoms with Crippen molar-refractivity contribution in [2.75, 3.05) is 31.6 Å². The van der Waals surface area contributed by atoms with E-state index in [0.29, 0.717) is 31.1 Å². The molecule has 1 aromatic carbocycles. The Balaban J connectivity index is 1.69. The molecule has 1 aliphatic rings. The first kappa shape index (κ1) is 18.9. The maximum absolute atomic E-state index is 14.1. The van der Waals surface area contributed by atoms with Gasteiger partial charge in [-0.2, -0.15) is 13.2 Å². The first-order chi connectivity index (χ1) is 12.8. The second-order valence-corrected chi connectivity index (χ2v) is 6.12. The number of rotatable bonds is 4. The number of carbonyl (C=O) groups excluding carboxylic acids is 1. The molecule has 1 saturated heterocycles. The number of pyridine rings is 1. The van der Waals surface area contributed by atoms with Gasteiger partial charge in [0.25, 0.3) is 0 Å². The van der Waals surface area contributed by atoms with Crippen LogP contribution in [0.15, 0.2) is 36.5 Å². The van der Waals surface area contributed by atoms with Gasteiger partial charge in [-0.05, 0) is 23.8 Å². The van der Waals surface area contributed by atoms with E-state index in [4.69, 9.17) is 4.74 Å². The molecule has 1 aliphatic heterocycles. The summed E-state index contributed by atoms with van der Waals surface area (Å²) in [7, 11) is 1.55. The van der Waals surface area contributed by atoms with Gasteiger partial charge < -0.3 is 14.5 Å². The van der Waals surface area contributed by atoms with E-state index in [0.717, 1.165) is 5.56 Å². The molecule has 1 amide bonds. The highest BCUT2D eigenvalue weighted by Gasteiger charge is 2.33. The summed E-state index contributed by atoms with van der Waals surface area (Å²) in [5, 5.41) is 0. The lowest BCUT2D eigenvalue weighted by Crippen LogP contribution is -2.50. The number of benzene rings is 1. The molecule has 0 radical (unpaired) electrons. The first-order valence-electron chi connectivity index (χ1n) is 8.16. The topological polar surface area (TPSA) is 45.7 Å². The van der Waals surface area contributed by atoms with Crippen molar-refractivity contribution in [1.82, 2.24) is 9.88 Å². The van der Waals surface area contributed by atoms with Crippen LogP contribution >= 0.6 is 0 Å². The summed E-state index contributed by atoms with van der Waals surface area (Å²) >= 11 is 0. The van der Waals surface area contributed by atoms with Gasteiger partial charge >= 0.3 is 6.18 Å². The van der Waals surface area contributed by atoms with Gasteiger partial charge in [-0.25, -0.2) is 9.37 Å². The van der Waals surface area contributed by atoms with E-state index in [2.05, 4.69) is 4.98 Å². The highest BCUT2D eigenvalue weighted by Crippen LogP contribution is 2.31. The fourth-order valence-electron chi connectivity index (χ4n) is 2.87. The molecule has 27 heavy (non-hydrogen) atoms. The molecule has 2 aromatic rings. The zero-order valence-electron chi connectivity index (χ0n) is 14.5. The van der Waals surface area contributed by atoms with Gasteiger partial charge in [0, 0.05) is 25.8 Å². The standard InChI is InChI=1S/C18H17F4N3O2/c1-27-14-4-2-3-12(7-14)10-24-5-6-25(11-16(24)26)17-15(19)8-13(9-23-17)18(20,21)22/h2-4,7-9H,5-6,10-11H2,1H3. The number of hydrogen-bond acceptors (Lipinski definition) is 4. The molecule has 2 heterocycles. The summed E-state index contributed by atoms with van der Waals surface area (Å²) in [6.45, 7) is 0.787. The van der Waals surface area contributed by atoms with Crippen molar-refractivity contribution in [2.24, 2.45) is 0 Å². The van der Waals surface area contributed by atoms with E-state index in [1.54, 1.807) is 18.1 Å². The Bertz CT molecular complexity index is 842. The number of nitrogens with zero attached hydrogens (tertiary/aromatic N) is 3. The van der Waals surface area contributed by atoms with Crippen LogP contribution in [0.1, 0.15) is 11.1 Å². The number of piperazine rings is 1. The van der Waals surface area contributed by atoms with Crippen LogP contribution in [0.2, 0.25) is 0 Å². The van der Waals surface area contributed by atoms with Crippen LogP contribution in [0.3, 0.4) is 0 Å². The lowest BCUT2D eigenvalue weighted by atomic mass is 10.1. The highest BCUT2D eigenvalue weighted by molar-refractivity contribution is 5.82. The van der Waals surface area contributed by atoms with Crippen LogP contribution in [0.4, 0.5) is 23.4 Å². The van der Waals surface area contributed by atoms with Crippen LogP contribution in [0, 0.1) is 5.82 Å². The van der Waals surface area contributed by atoms with E-state index in [1.807, 2.05) is 18.2 Å². The summed E-state index contributed by atoms with van der Waals surface area (Å²) in [6, 6.07) is 7.68. The van der Waals surface area contributed by atoms with Gasteiger partial charge in [0.2, 0.25) is 5.91 Å². The van der Waals surface area contributed by atoms with Gasteiger partial charge in [-0.1, -0.05) is 12.1 Å². The molecule has 144 valence electrons. The zero-order valence-corrected chi connectivity index (χ0v) is 14.5. The van der Waals surface area contributed by atoms with E-state index in [9.17, 15) is 22.4 Å². The molecule has 0 bridgehead atoms. The second-order valence-electron chi connectivity index (χ2n) is 6.12. The molecule has 0 saturated carbocycles. The molecule has 3 rings (SSSR count). The Morgan fingerprint density at radius 3 is 2.63 bits per heavy atom. The number of hydrogen-bond donors (Lipinski definition) is 0. The highest BCUT2D eigenvalue weighted by atomic mass is 19.4. The molecule has 0 spiro atoms. The summed E-state index contributed by atoms with van der Waals surface area (Å²) in [5.41, 5.74) is -0.276. The minimum atomic E-state index is -4.67. The quantitative estimate of drug-likeness (QED) is 0.762. The number of anilines is 1. The maximum Gasteiger partial charge on any atom is 0.417 e. The van der Waals surface area contributed by atoms with Crippen molar-refractivity contribution in [3.63, 3.8) is 0 Å². The van der Waals surface area contributed by atoms with Crippen molar-refractivity contribution in [3.8, 4) is 5.75 Å². The molecule has 1 aromatic heterocycles. The normalized spacial score (nSPS) is 15.2. The van der Waals surface area contributed by atoms with Crippen molar-refractivity contribution in [3.05, 3.63) is 53.5 Å². The smallest absolute Gasteiger partial charge is 0.417 e. The summed E-state index contributed by atoms with van der Waals surface area (Å²) in [5.74, 6) is -0.934. The Labute approximate surface area is 153 Å². The zero-order chi connectivity index (χ0) is 19.6. The summed E-state index contributed by atoms with van der Waals surface area (Å²) in [4.78, 5) is 18.9. The molecule has 0 atom stereocenters. The Morgan fingerprint density at radius 2 is 2.00 bits per heavy atom. The fourth-order valence-corrected chi connectivity index (χ4v) is 2.87. The van der Waals surface area contributed by atoms with Crippen LogP contribution in [0.25, 0.3) is 0 Å². The molecule has 0 unspecified atom stereocenters. The molecule has 5 nitrogen and oxygen atoms in total. The third kappa shape index (κ3) is 4.29. The van der Waals surface area contributed by atoms with Gasteiger partial charge in [0.05, 0.1) is 19.2 Å². The molecular formula is C18H17F4N3O2. The number of aromatic nitrogens is 1. The number of carbonyl (C=O) groups is 1. The minimum Gasteiger partial charge on any atom is -0.497 e. The van der Waals surface area contributed by atoms with E-state index < -0.39 is 17.6 Å². The lowest BCUT2D eigenvalue weighted by Gasteiger charge is -2.35. The first-order valence-corrected chi connectivity index (χ1v) is 8.16. The summed E-state index contributed by atoms with van der Waals surface area (Å²) < 4.78 is 57.1. The summed E-state index contributed by atoms with van der Waals surface area (Å²) in [6.07, 6.45) is -4.09. The third-order valence-corrected chi connectivity index (χ3v) is 4.27. The molecule has 9 heteroatoms. The largest absolute Gasteiger partial charge is 0.497 e. The predicted molar refractivity (Wildman–Crippen MR) is 89.8 cm³/mol. The molecule has 1 fully saturated rings. The Kier molecular flexibility index (Phi) is 5.20. The van der Waals surface area contributed by atoms with Crippen LogP contribution in [-0.2, 0) is 17.5 Å². The monoisotopic (exact) mass is 383 g/mol. The van der Waals surface area contributed by atoms with Gasteiger partial charge in [0.1, 0.15) is 5.75 Å². The lowest BCUT2D eigenvalue weighted by molar-refractivity contribution is -0.138. The van der Waals surface area contributed by atoms with Crippen LogP contribution in [-0.4, -0.2) is 42.5 Å². The van der Waals surface area contributed by atoms with E-state index >= 15 is 0 Å². The Hall–Kier alpha value is -2.84. The molecule has 0 N–H and O–H groups in total. The molecular weight excluding hydrogens is 366 g/mol. The van der Waals surface area contributed by atoms with Crippen molar-refractivity contribution < 1.29 is 27.1 Å². The number of amides is 1. The maximum atomic E-state index is 14.1. The predicted octanol–water partition coefficient (Wildman–Crippen LogP) is 3.10. The number of ether oxygens (including phenoxy) is 1. The average molecular weight is 383 g/mol. The number of methoxy groups -OCH3 is 1. The van der Waals surface area contributed by atoms with Crippen LogP contribution in [0.5, 0.6) is 5.75 Å². The average Bonchev–Trinajstić information content (AvgIpc) is 2.63. The number of alkyl halides is 3. The van der Waals surface area contributed by atoms with Gasteiger partial charge in [0.15, 0.2) is 11.6 Å². The van der Waals surface area contributed by atoms with Crippen LogP contribution < -0.4 is 9.64 Å². The second kappa shape index (κ2) is 7.42. The number of halogens is 4. The third-order valence-electron chi connectivity index (χ3n) is 4.27. The Morgan fingerprint density at radius 1 is 1.22 bits per heavy atom. The van der Waals surface area contributed by atoms with Crippen molar-refractivity contribution in [1.29, 1.82) is 0 Å². The fraction of sp³-hybridized carbons (Fsp3) is 0.333. The van der Waals surface area contributed by atoms with Gasteiger partial charge in [-0.3, -0.25) is 4.79 Å². The molecule has 0 aliphatic carbocycles. The SMILES string of the molecule is COc1cccc(CN2CCN(c3ncc(C(F)(F)F)cc3F)CC2=O)c1. The van der Waals surface area contributed by atoms with E-state index in [-0.39, 0.29) is 24.8 Å². The van der Waals surface area contributed by atoms with Crippen molar-refractivity contribution >= 4 is 11.7 Å². The van der Waals surface area contributed by atoms with Gasteiger partial charge in [-0.15, -0.1) is 0 Å². The minimum absolute atomic E-state index is 0.154.